The van der Waals surface area contributed by atoms with Crippen molar-refractivity contribution >= 4 is 17.5 Å². The summed E-state index contributed by atoms with van der Waals surface area (Å²) < 4.78 is 7.60. The molecular weight excluding hydrogens is 280 g/mol. The summed E-state index contributed by atoms with van der Waals surface area (Å²) in [5.74, 6) is 1.51. The highest BCUT2D eigenvalue weighted by atomic mass is 35.5. The van der Waals surface area contributed by atoms with E-state index in [9.17, 15) is 0 Å². The summed E-state index contributed by atoms with van der Waals surface area (Å²) in [5, 5.41) is 0.138. The Morgan fingerprint density at radius 1 is 1.25 bits per heavy atom. The molecule has 0 amide bonds. The molecule has 3 heterocycles. The maximum absolute atomic E-state index is 5.94. The minimum absolute atomic E-state index is 0.0124. The van der Waals surface area contributed by atoms with Crippen LogP contribution in [0, 0.1) is 0 Å². The summed E-state index contributed by atoms with van der Waals surface area (Å²) in [4.78, 5) is 18.8. The molecule has 2 aromatic rings. The Morgan fingerprint density at radius 3 is 2.90 bits per heavy atom. The van der Waals surface area contributed by atoms with Crippen LogP contribution >= 0.6 is 11.6 Å². The SMILES string of the molecule is CC(C)Oc1nc(Cl)nc(N2CCn3ccnc3C2)n1. The number of imidazole rings is 1. The molecule has 106 valence electrons. The van der Waals surface area contributed by atoms with Crippen LogP contribution in [0.4, 0.5) is 5.95 Å². The van der Waals surface area contributed by atoms with Crippen LogP contribution < -0.4 is 9.64 Å². The van der Waals surface area contributed by atoms with Gasteiger partial charge in [-0.15, -0.1) is 0 Å². The first kappa shape index (κ1) is 13.1. The van der Waals surface area contributed by atoms with Gasteiger partial charge in [-0.3, -0.25) is 0 Å². The van der Waals surface area contributed by atoms with Crippen molar-refractivity contribution in [1.82, 2.24) is 24.5 Å². The van der Waals surface area contributed by atoms with Gasteiger partial charge in [0.15, 0.2) is 0 Å². The molecule has 0 fully saturated rings. The lowest BCUT2D eigenvalue weighted by Crippen LogP contribution is -2.35. The van der Waals surface area contributed by atoms with Crippen molar-refractivity contribution in [2.75, 3.05) is 11.4 Å². The molecule has 0 spiro atoms. The van der Waals surface area contributed by atoms with Gasteiger partial charge < -0.3 is 14.2 Å². The smallest absolute Gasteiger partial charge is 0.322 e. The maximum atomic E-state index is 5.94. The first-order valence-electron chi connectivity index (χ1n) is 6.45. The lowest BCUT2D eigenvalue weighted by molar-refractivity contribution is 0.221. The Morgan fingerprint density at radius 2 is 2.10 bits per heavy atom. The Labute approximate surface area is 121 Å². The van der Waals surface area contributed by atoms with E-state index < -0.39 is 0 Å². The van der Waals surface area contributed by atoms with Gasteiger partial charge in [0.2, 0.25) is 11.2 Å². The average Bonchev–Trinajstić information content (AvgIpc) is 2.84. The van der Waals surface area contributed by atoms with Crippen LogP contribution in [-0.2, 0) is 13.1 Å². The van der Waals surface area contributed by atoms with Crippen LogP contribution in [0.1, 0.15) is 19.7 Å². The number of fused-ring (bicyclic) bond motifs is 1. The number of nitrogens with zero attached hydrogens (tertiary/aromatic N) is 6. The molecular formula is C12H15ClN6O. The molecule has 20 heavy (non-hydrogen) atoms. The quantitative estimate of drug-likeness (QED) is 0.855. The van der Waals surface area contributed by atoms with Crippen LogP contribution in [0.15, 0.2) is 12.4 Å². The third-order valence-electron chi connectivity index (χ3n) is 2.94. The predicted molar refractivity (Wildman–Crippen MR) is 73.9 cm³/mol. The first-order valence-corrected chi connectivity index (χ1v) is 6.83. The zero-order chi connectivity index (χ0) is 14.1. The summed E-state index contributed by atoms with van der Waals surface area (Å²) in [5.41, 5.74) is 0. The maximum Gasteiger partial charge on any atom is 0.322 e. The summed E-state index contributed by atoms with van der Waals surface area (Å²) in [6.45, 7) is 6.11. The second kappa shape index (κ2) is 5.24. The van der Waals surface area contributed by atoms with Crippen LogP contribution in [0.2, 0.25) is 5.28 Å². The summed E-state index contributed by atoms with van der Waals surface area (Å²) >= 11 is 5.94. The minimum atomic E-state index is -0.0124. The number of ether oxygens (including phenoxy) is 1. The number of hydrogen-bond acceptors (Lipinski definition) is 6. The van der Waals surface area contributed by atoms with Gasteiger partial charge in [0.25, 0.3) is 0 Å². The third kappa shape index (κ3) is 2.67. The monoisotopic (exact) mass is 294 g/mol. The van der Waals surface area contributed by atoms with E-state index in [-0.39, 0.29) is 17.4 Å². The van der Waals surface area contributed by atoms with Crippen LogP contribution in [0.3, 0.4) is 0 Å². The van der Waals surface area contributed by atoms with Crippen molar-refractivity contribution < 1.29 is 4.74 Å². The first-order chi connectivity index (χ1) is 9.61. The molecule has 1 aliphatic rings. The molecule has 0 N–H and O–H groups in total. The van der Waals surface area contributed by atoms with Gasteiger partial charge in [-0.2, -0.15) is 15.0 Å². The highest BCUT2D eigenvalue weighted by Gasteiger charge is 2.20. The second-order valence-corrected chi connectivity index (χ2v) is 5.15. The van der Waals surface area contributed by atoms with Crippen molar-refractivity contribution in [2.24, 2.45) is 0 Å². The molecule has 0 atom stereocenters. The molecule has 0 saturated heterocycles. The van der Waals surface area contributed by atoms with Crippen LogP contribution in [-0.4, -0.2) is 37.2 Å². The van der Waals surface area contributed by atoms with Crippen molar-refractivity contribution in [3.63, 3.8) is 0 Å². The average molecular weight is 295 g/mol. The fraction of sp³-hybridized carbons (Fsp3) is 0.500. The van der Waals surface area contributed by atoms with Gasteiger partial charge >= 0.3 is 6.01 Å². The van der Waals surface area contributed by atoms with Gasteiger partial charge in [-0.05, 0) is 25.4 Å². The Bertz CT molecular complexity index is 614. The molecule has 3 rings (SSSR count). The number of rotatable bonds is 3. The van der Waals surface area contributed by atoms with Crippen molar-refractivity contribution in [3.05, 3.63) is 23.5 Å². The number of halogens is 1. The fourth-order valence-electron chi connectivity index (χ4n) is 2.07. The van der Waals surface area contributed by atoms with E-state index in [2.05, 4.69) is 24.5 Å². The summed E-state index contributed by atoms with van der Waals surface area (Å²) in [6, 6.07) is 0.254. The number of hydrogen-bond donors (Lipinski definition) is 0. The lowest BCUT2D eigenvalue weighted by atomic mass is 10.4. The normalized spacial score (nSPS) is 14.5. The van der Waals surface area contributed by atoms with E-state index in [1.807, 2.05) is 24.9 Å². The van der Waals surface area contributed by atoms with E-state index >= 15 is 0 Å². The fourth-order valence-corrected chi connectivity index (χ4v) is 2.22. The van der Waals surface area contributed by atoms with Gasteiger partial charge in [-0.1, -0.05) is 0 Å². The van der Waals surface area contributed by atoms with E-state index in [0.717, 1.165) is 18.9 Å². The standard InChI is InChI=1S/C12H15ClN6O/c1-8(2)20-12-16-10(13)15-11(17-12)19-6-5-18-4-3-14-9(18)7-19/h3-4,8H,5-7H2,1-2H3. The highest BCUT2D eigenvalue weighted by molar-refractivity contribution is 6.28. The lowest BCUT2D eigenvalue weighted by Gasteiger charge is -2.27. The van der Waals surface area contributed by atoms with Crippen molar-refractivity contribution in [3.8, 4) is 6.01 Å². The van der Waals surface area contributed by atoms with Crippen LogP contribution in [0.5, 0.6) is 6.01 Å². The Balaban J connectivity index is 1.85. The van der Waals surface area contributed by atoms with E-state index in [1.165, 1.54) is 0 Å². The van der Waals surface area contributed by atoms with E-state index in [0.29, 0.717) is 12.5 Å². The second-order valence-electron chi connectivity index (χ2n) is 4.81. The van der Waals surface area contributed by atoms with Crippen molar-refractivity contribution in [1.29, 1.82) is 0 Å². The zero-order valence-corrected chi connectivity index (χ0v) is 12.1. The largest absolute Gasteiger partial charge is 0.461 e. The molecule has 0 unspecified atom stereocenters. The van der Waals surface area contributed by atoms with Gasteiger partial charge in [0, 0.05) is 25.5 Å². The zero-order valence-electron chi connectivity index (χ0n) is 11.3. The van der Waals surface area contributed by atoms with Gasteiger partial charge in [0.05, 0.1) is 12.6 Å². The molecule has 0 bridgehead atoms. The Kier molecular flexibility index (Phi) is 3.43. The molecule has 0 aliphatic carbocycles. The van der Waals surface area contributed by atoms with Gasteiger partial charge in [-0.25, -0.2) is 4.98 Å². The number of anilines is 1. The molecule has 0 aromatic carbocycles. The summed E-state index contributed by atoms with van der Waals surface area (Å²) in [6.07, 6.45) is 3.76. The van der Waals surface area contributed by atoms with E-state index in [4.69, 9.17) is 16.3 Å². The molecule has 2 aromatic heterocycles. The Hall–Kier alpha value is -1.89. The molecule has 1 aliphatic heterocycles. The van der Waals surface area contributed by atoms with Crippen molar-refractivity contribution in [2.45, 2.75) is 33.0 Å². The van der Waals surface area contributed by atoms with Crippen LogP contribution in [0.25, 0.3) is 0 Å². The highest BCUT2D eigenvalue weighted by Crippen LogP contribution is 2.20. The number of aromatic nitrogens is 5. The minimum Gasteiger partial charge on any atom is -0.461 e. The molecule has 0 radical (unpaired) electrons. The molecule has 8 heteroatoms. The summed E-state index contributed by atoms with van der Waals surface area (Å²) in [7, 11) is 0. The topological polar surface area (TPSA) is 69.0 Å². The predicted octanol–water partition coefficient (Wildman–Crippen LogP) is 1.53. The van der Waals surface area contributed by atoms with Gasteiger partial charge in [0.1, 0.15) is 5.82 Å². The molecule has 0 saturated carbocycles. The van der Waals surface area contributed by atoms with E-state index in [1.54, 1.807) is 6.20 Å². The molecule has 7 nitrogen and oxygen atoms in total. The third-order valence-corrected chi connectivity index (χ3v) is 3.11.